The largest absolute Gasteiger partial charge is 0.322 e. The van der Waals surface area contributed by atoms with Crippen molar-refractivity contribution < 1.29 is 4.79 Å². The van der Waals surface area contributed by atoms with Gasteiger partial charge in [-0.05, 0) is 63.4 Å². The minimum Gasteiger partial charge on any atom is -0.322 e. The van der Waals surface area contributed by atoms with Crippen LogP contribution < -0.4 is 5.32 Å². The molecule has 0 saturated carbocycles. The predicted molar refractivity (Wildman–Crippen MR) is 119 cm³/mol. The molecule has 0 spiro atoms. The van der Waals surface area contributed by atoms with E-state index in [9.17, 15) is 4.79 Å². The molecule has 1 amide bonds. The first-order valence-electron chi connectivity index (χ1n) is 9.35. The van der Waals surface area contributed by atoms with Crippen molar-refractivity contribution in [2.75, 3.05) is 11.6 Å². The van der Waals surface area contributed by atoms with Crippen LogP contribution in [0.2, 0.25) is 0 Å². The Morgan fingerprint density at radius 1 is 1.03 bits per heavy atom. The molecule has 4 rings (SSSR count). The molecule has 0 saturated heterocycles. The van der Waals surface area contributed by atoms with E-state index in [0.717, 1.165) is 33.0 Å². The normalized spacial score (nSPS) is 11.0. The second-order valence-electron chi connectivity index (χ2n) is 7.03. The number of aryl methyl sites for hydroxylation is 3. The van der Waals surface area contributed by atoms with Crippen LogP contribution in [0.1, 0.15) is 27.3 Å². The molecular formula is C23H22N4OS. The molecule has 1 N–H and O–H groups in total. The molecule has 0 aliphatic carbocycles. The Bertz CT molecular complexity index is 1210. The number of carbonyl (C=O) groups is 1. The van der Waals surface area contributed by atoms with Gasteiger partial charge in [0.05, 0.1) is 22.3 Å². The highest BCUT2D eigenvalue weighted by molar-refractivity contribution is 7.98. The van der Waals surface area contributed by atoms with Crippen molar-refractivity contribution in [2.45, 2.75) is 25.7 Å². The van der Waals surface area contributed by atoms with E-state index in [-0.39, 0.29) is 5.91 Å². The van der Waals surface area contributed by atoms with Crippen molar-refractivity contribution in [3.8, 4) is 5.69 Å². The molecule has 5 nitrogen and oxygen atoms in total. The maximum Gasteiger partial charge on any atom is 0.256 e. The van der Waals surface area contributed by atoms with Crippen LogP contribution in [0.25, 0.3) is 16.7 Å². The van der Waals surface area contributed by atoms with Crippen molar-refractivity contribution >= 4 is 34.4 Å². The Hall–Kier alpha value is -3.12. The van der Waals surface area contributed by atoms with Crippen LogP contribution in [0.15, 0.2) is 59.5 Å². The average molecular weight is 403 g/mol. The maximum absolute atomic E-state index is 13.1. The number of hydrogen-bond acceptors (Lipinski definition) is 4. The number of nitrogens with one attached hydrogen (secondary N) is 1. The number of nitrogens with zero attached hydrogens (tertiary/aromatic N) is 3. The molecule has 0 fully saturated rings. The fourth-order valence-electron chi connectivity index (χ4n) is 3.36. The second kappa shape index (κ2) is 7.72. The number of amides is 1. The second-order valence-corrected chi connectivity index (χ2v) is 7.91. The highest BCUT2D eigenvalue weighted by Gasteiger charge is 2.19. The van der Waals surface area contributed by atoms with Gasteiger partial charge in [0.25, 0.3) is 5.91 Å². The molecule has 6 heteroatoms. The first-order chi connectivity index (χ1) is 14.0. The van der Waals surface area contributed by atoms with E-state index in [1.807, 2.05) is 86.3 Å². The minimum absolute atomic E-state index is 0.162. The molecule has 29 heavy (non-hydrogen) atoms. The number of rotatable bonds is 4. The molecule has 146 valence electrons. The molecule has 0 radical (unpaired) electrons. The number of fused-ring (bicyclic) bond motifs is 1. The van der Waals surface area contributed by atoms with E-state index < -0.39 is 0 Å². The third-order valence-electron chi connectivity index (χ3n) is 4.79. The van der Waals surface area contributed by atoms with Crippen molar-refractivity contribution in [3.05, 3.63) is 77.1 Å². The zero-order valence-electron chi connectivity index (χ0n) is 16.9. The Kier molecular flexibility index (Phi) is 5.11. The molecule has 2 aromatic carbocycles. The van der Waals surface area contributed by atoms with E-state index in [1.165, 1.54) is 5.56 Å². The summed E-state index contributed by atoms with van der Waals surface area (Å²) < 4.78 is 1.81. The topological polar surface area (TPSA) is 59.8 Å². The average Bonchev–Trinajstić information content (AvgIpc) is 3.04. The van der Waals surface area contributed by atoms with Gasteiger partial charge in [-0.1, -0.05) is 23.8 Å². The molecule has 2 heterocycles. The minimum atomic E-state index is -0.162. The quantitative estimate of drug-likeness (QED) is 0.469. The van der Waals surface area contributed by atoms with E-state index in [1.54, 1.807) is 11.8 Å². The molecule has 0 unspecified atom stereocenters. The molecule has 0 atom stereocenters. The number of carbonyl (C=O) groups excluding carboxylic acids is 1. The van der Waals surface area contributed by atoms with Gasteiger partial charge in [-0.15, -0.1) is 11.8 Å². The van der Waals surface area contributed by atoms with Crippen molar-refractivity contribution in [1.82, 2.24) is 14.8 Å². The van der Waals surface area contributed by atoms with E-state index in [2.05, 4.69) is 15.4 Å². The third-order valence-corrected chi connectivity index (χ3v) is 5.52. The molecule has 4 aromatic rings. The predicted octanol–water partition coefficient (Wildman–Crippen LogP) is 5.32. The molecular weight excluding hydrogens is 380 g/mol. The van der Waals surface area contributed by atoms with Crippen molar-refractivity contribution in [2.24, 2.45) is 0 Å². The van der Waals surface area contributed by atoms with Gasteiger partial charge in [-0.2, -0.15) is 5.10 Å². The standard InChI is InChI=1S/C23H22N4OS/c1-14-8-10-18(11-9-14)27-22-21(16(3)26-27)20(12-15(2)24-22)23(28)25-17-6-5-7-19(13-17)29-4/h5-13H,1-4H3,(H,25,28). The van der Waals surface area contributed by atoms with Crippen LogP contribution in [-0.2, 0) is 0 Å². The zero-order chi connectivity index (χ0) is 20.5. The lowest BCUT2D eigenvalue weighted by molar-refractivity contribution is 0.102. The van der Waals surface area contributed by atoms with E-state index >= 15 is 0 Å². The SMILES string of the molecule is CSc1cccc(NC(=O)c2cc(C)nc3c2c(C)nn3-c2ccc(C)cc2)c1. The van der Waals surface area contributed by atoms with E-state index in [0.29, 0.717) is 11.2 Å². The lowest BCUT2D eigenvalue weighted by atomic mass is 10.1. The van der Waals surface area contributed by atoms with Crippen LogP contribution >= 0.6 is 11.8 Å². The number of benzene rings is 2. The first-order valence-corrected chi connectivity index (χ1v) is 10.6. The molecule has 2 aromatic heterocycles. The molecule has 0 aliphatic heterocycles. The smallest absolute Gasteiger partial charge is 0.256 e. The lowest BCUT2D eigenvalue weighted by Gasteiger charge is -2.09. The Morgan fingerprint density at radius 2 is 1.79 bits per heavy atom. The van der Waals surface area contributed by atoms with Gasteiger partial charge in [0.15, 0.2) is 5.65 Å². The van der Waals surface area contributed by atoms with Gasteiger partial charge in [-0.3, -0.25) is 4.79 Å². The Morgan fingerprint density at radius 3 is 2.52 bits per heavy atom. The number of pyridine rings is 1. The number of hydrogen-bond donors (Lipinski definition) is 1. The van der Waals surface area contributed by atoms with Crippen molar-refractivity contribution in [1.29, 1.82) is 0 Å². The van der Waals surface area contributed by atoms with Gasteiger partial charge in [0.1, 0.15) is 0 Å². The number of thioether (sulfide) groups is 1. The molecule has 0 aliphatic rings. The number of aromatic nitrogens is 3. The lowest BCUT2D eigenvalue weighted by Crippen LogP contribution is -2.13. The summed E-state index contributed by atoms with van der Waals surface area (Å²) in [5.41, 5.74) is 5.69. The van der Waals surface area contributed by atoms with Gasteiger partial charge < -0.3 is 5.32 Å². The first kappa shape index (κ1) is 19.2. The summed E-state index contributed by atoms with van der Waals surface area (Å²) in [7, 11) is 0. The summed E-state index contributed by atoms with van der Waals surface area (Å²) in [6, 6.07) is 17.8. The monoisotopic (exact) mass is 402 g/mol. The van der Waals surface area contributed by atoms with Crippen LogP contribution in [0, 0.1) is 20.8 Å². The molecule has 0 bridgehead atoms. The fourth-order valence-corrected chi connectivity index (χ4v) is 3.82. The van der Waals surface area contributed by atoms with Gasteiger partial charge >= 0.3 is 0 Å². The van der Waals surface area contributed by atoms with Crippen LogP contribution in [0.4, 0.5) is 5.69 Å². The summed E-state index contributed by atoms with van der Waals surface area (Å²) in [5, 5.41) is 8.47. The zero-order valence-corrected chi connectivity index (χ0v) is 17.7. The Labute approximate surface area is 174 Å². The van der Waals surface area contributed by atoms with Crippen LogP contribution in [0.5, 0.6) is 0 Å². The Balaban J connectivity index is 1.80. The fraction of sp³-hybridized carbons (Fsp3) is 0.174. The highest BCUT2D eigenvalue weighted by Crippen LogP contribution is 2.26. The van der Waals surface area contributed by atoms with Crippen molar-refractivity contribution in [3.63, 3.8) is 0 Å². The van der Waals surface area contributed by atoms with Crippen LogP contribution in [0.3, 0.4) is 0 Å². The summed E-state index contributed by atoms with van der Waals surface area (Å²) in [5.74, 6) is -0.162. The van der Waals surface area contributed by atoms with Gasteiger partial charge in [-0.25, -0.2) is 9.67 Å². The van der Waals surface area contributed by atoms with Crippen LogP contribution in [-0.4, -0.2) is 26.9 Å². The maximum atomic E-state index is 13.1. The summed E-state index contributed by atoms with van der Waals surface area (Å²) in [6.45, 7) is 5.86. The highest BCUT2D eigenvalue weighted by atomic mass is 32.2. The van der Waals surface area contributed by atoms with E-state index in [4.69, 9.17) is 0 Å². The summed E-state index contributed by atoms with van der Waals surface area (Å²) in [4.78, 5) is 18.9. The summed E-state index contributed by atoms with van der Waals surface area (Å²) >= 11 is 1.64. The van der Waals surface area contributed by atoms with Gasteiger partial charge in [0, 0.05) is 16.3 Å². The summed E-state index contributed by atoms with van der Waals surface area (Å²) in [6.07, 6.45) is 2.01. The third kappa shape index (κ3) is 3.76. The number of anilines is 1. The van der Waals surface area contributed by atoms with Gasteiger partial charge in [0.2, 0.25) is 0 Å².